The van der Waals surface area contributed by atoms with Crippen LogP contribution in [0.5, 0.6) is 0 Å². The minimum absolute atomic E-state index is 0.0926. The molecule has 0 aliphatic rings. The summed E-state index contributed by atoms with van der Waals surface area (Å²) in [6, 6.07) is 10.2. The minimum atomic E-state index is -1.71. The molecule has 1 unspecified atom stereocenters. The van der Waals surface area contributed by atoms with Crippen molar-refractivity contribution in [3.8, 4) is 0 Å². The standard InChI is InChI=1S/C22H24F2N2O4/c1-3-30-21(29)22(25,16-7-5-4-6-8-16)13-19(27)14(2)26-20(28)11-15-9-17(23)12-18(24)10-15/h4-10,12,14H,3,11,13,25H2,1-2H3,(H,26,28)/t14-,22?/m0/s1. The molecule has 0 saturated heterocycles. The van der Waals surface area contributed by atoms with E-state index in [0.717, 1.165) is 12.1 Å². The molecule has 0 spiro atoms. The first-order chi connectivity index (χ1) is 14.2. The summed E-state index contributed by atoms with van der Waals surface area (Å²) in [5.41, 5.74) is 5.12. The largest absolute Gasteiger partial charge is 0.464 e. The molecule has 2 aromatic rings. The number of carbonyl (C=O) groups excluding carboxylic acids is 3. The van der Waals surface area contributed by atoms with Crippen molar-refractivity contribution in [3.05, 3.63) is 71.3 Å². The highest BCUT2D eigenvalue weighted by molar-refractivity contribution is 5.95. The van der Waals surface area contributed by atoms with Crippen LogP contribution in [0.25, 0.3) is 0 Å². The third-order valence-corrected chi connectivity index (χ3v) is 4.53. The Morgan fingerprint density at radius 1 is 1.10 bits per heavy atom. The topological polar surface area (TPSA) is 98.5 Å². The zero-order valence-electron chi connectivity index (χ0n) is 16.8. The molecule has 0 aliphatic heterocycles. The van der Waals surface area contributed by atoms with Gasteiger partial charge in [-0.1, -0.05) is 30.3 Å². The maximum atomic E-state index is 13.3. The Hall–Kier alpha value is -3.13. The first-order valence-corrected chi connectivity index (χ1v) is 9.44. The van der Waals surface area contributed by atoms with Crippen LogP contribution in [-0.2, 0) is 31.1 Å². The van der Waals surface area contributed by atoms with Crippen LogP contribution >= 0.6 is 0 Å². The Balaban J connectivity index is 2.09. The van der Waals surface area contributed by atoms with Gasteiger partial charge in [0.2, 0.25) is 5.91 Å². The minimum Gasteiger partial charge on any atom is -0.464 e. The normalized spacial score (nSPS) is 13.8. The van der Waals surface area contributed by atoms with Gasteiger partial charge in [0.25, 0.3) is 0 Å². The lowest BCUT2D eigenvalue weighted by molar-refractivity contribution is -0.152. The molecule has 160 valence electrons. The molecule has 0 fully saturated rings. The molecule has 6 nitrogen and oxygen atoms in total. The average Bonchev–Trinajstić information content (AvgIpc) is 2.67. The monoisotopic (exact) mass is 418 g/mol. The number of hydrogen-bond donors (Lipinski definition) is 2. The van der Waals surface area contributed by atoms with E-state index in [4.69, 9.17) is 10.5 Å². The predicted octanol–water partition coefficient (Wildman–Crippen LogP) is 2.39. The number of nitrogens with one attached hydrogen (secondary N) is 1. The number of ketones is 1. The number of amides is 1. The third-order valence-electron chi connectivity index (χ3n) is 4.53. The molecule has 3 N–H and O–H groups in total. The van der Waals surface area contributed by atoms with Crippen molar-refractivity contribution in [2.75, 3.05) is 6.61 Å². The molecule has 2 aromatic carbocycles. The number of hydrogen-bond acceptors (Lipinski definition) is 5. The highest BCUT2D eigenvalue weighted by Gasteiger charge is 2.40. The Bertz CT molecular complexity index is 900. The Kier molecular flexibility index (Phi) is 7.77. The Morgan fingerprint density at radius 3 is 2.27 bits per heavy atom. The van der Waals surface area contributed by atoms with Crippen LogP contribution in [0, 0.1) is 11.6 Å². The van der Waals surface area contributed by atoms with Gasteiger partial charge < -0.3 is 15.8 Å². The van der Waals surface area contributed by atoms with Crippen LogP contribution in [-0.4, -0.2) is 30.3 Å². The summed E-state index contributed by atoms with van der Waals surface area (Å²) in [4.78, 5) is 37.4. The van der Waals surface area contributed by atoms with Crippen molar-refractivity contribution >= 4 is 17.7 Å². The molecule has 0 aromatic heterocycles. The molecule has 30 heavy (non-hydrogen) atoms. The SMILES string of the molecule is CCOC(=O)C(N)(CC(=O)[C@H](C)NC(=O)Cc1cc(F)cc(F)c1)c1ccccc1. The van der Waals surface area contributed by atoms with E-state index in [9.17, 15) is 23.2 Å². The van der Waals surface area contributed by atoms with Gasteiger partial charge in [0, 0.05) is 12.5 Å². The van der Waals surface area contributed by atoms with Crippen LogP contribution in [0.2, 0.25) is 0 Å². The molecular formula is C22H24F2N2O4. The second-order valence-electron chi connectivity index (χ2n) is 6.94. The zero-order valence-corrected chi connectivity index (χ0v) is 16.8. The molecule has 0 radical (unpaired) electrons. The maximum absolute atomic E-state index is 13.3. The number of ether oxygens (including phenoxy) is 1. The second kappa shape index (κ2) is 10.1. The zero-order chi connectivity index (χ0) is 22.3. The number of carbonyl (C=O) groups is 3. The predicted molar refractivity (Wildman–Crippen MR) is 106 cm³/mol. The Labute approximate surface area is 173 Å². The lowest BCUT2D eigenvalue weighted by Gasteiger charge is -2.28. The summed E-state index contributed by atoms with van der Waals surface area (Å²) in [5.74, 6) is -3.44. The Morgan fingerprint density at radius 2 is 1.70 bits per heavy atom. The first-order valence-electron chi connectivity index (χ1n) is 9.44. The molecule has 2 atom stereocenters. The van der Waals surface area contributed by atoms with Crippen molar-refractivity contribution in [1.29, 1.82) is 0 Å². The van der Waals surface area contributed by atoms with Gasteiger partial charge in [-0.15, -0.1) is 0 Å². The lowest BCUT2D eigenvalue weighted by Crippen LogP contribution is -2.51. The van der Waals surface area contributed by atoms with Gasteiger partial charge in [0.15, 0.2) is 5.78 Å². The number of rotatable bonds is 9. The molecular weight excluding hydrogens is 394 g/mol. The van der Waals surface area contributed by atoms with Crippen LogP contribution in [0.15, 0.2) is 48.5 Å². The summed E-state index contributed by atoms with van der Waals surface area (Å²) in [5, 5.41) is 2.47. The van der Waals surface area contributed by atoms with Gasteiger partial charge in [-0.25, -0.2) is 13.6 Å². The van der Waals surface area contributed by atoms with Gasteiger partial charge in [0.1, 0.15) is 17.2 Å². The molecule has 1 amide bonds. The van der Waals surface area contributed by atoms with E-state index in [0.29, 0.717) is 11.6 Å². The lowest BCUT2D eigenvalue weighted by atomic mass is 9.84. The molecule has 0 heterocycles. The van der Waals surface area contributed by atoms with Crippen LogP contribution in [0.1, 0.15) is 31.4 Å². The van der Waals surface area contributed by atoms with E-state index in [-0.39, 0.29) is 18.6 Å². The smallest absolute Gasteiger partial charge is 0.331 e. The van der Waals surface area contributed by atoms with Crippen LogP contribution < -0.4 is 11.1 Å². The van der Waals surface area contributed by atoms with Gasteiger partial charge in [-0.05, 0) is 37.1 Å². The molecule has 2 rings (SSSR count). The van der Waals surface area contributed by atoms with Crippen LogP contribution in [0.3, 0.4) is 0 Å². The highest BCUT2D eigenvalue weighted by atomic mass is 19.1. The second-order valence-corrected chi connectivity index (χ2v) is 6.94. The highest BCUT2D eigenvalue weighted by Crippen LogP contribution is 2.25. The maximum Gasteiger partial charge on any atom is 0.331 e. The third kappa shape index (κ3) is 5.93. The number of nitrogens with two attached hydrogens (primary N) is 1. The number of halogens is 2. The van der Waals surface area contributed by atoms with E-state index in [1.807, 2.05) is 0 Å². The fourth-order valence-electron chi connectivity index (χ4n) is 2.99. The molecule has 0 bridgehead atoms. The van der Waals surface area contributed by atoms with E-state index in [2.05, 4.69) is 5.32 Å². The summed E-state index contributed by atoms with van der Waals surface area (Å²) in [6.45, 7) is 3.17. The summed E-state index contributed by atoms with van der Waals surface area (Å²) in [6.07, 6.45) is -0.706. The fraction of sp³-hybridized carbons (Fsp3) is 0.318. The van der Waals surface area contributed by atoms with E-state index in [1.165, 1.54) is 6.92 Å². The van der Waals surface area contributed by atoms with Crippen molar-refractivity contribution < 1.29 is 27.9 Å². The van der Waals surface area contributed by atoms with Gasteiger partial charge in [-0.2, -0.15) is 0 Å². The number of Topliss-reactive ketones (excluding diaryl/α,β-unsaturated/α-hetero) is 1. The molecule has 8 heteroatoms. The van der Waals surface area contributed by atoms with E-state index < -0.39 is 47.3 Å². The van der Waals surface area contributed by atoms with E-state index >= 15 is 0 Å². The quantitative estimate of drug-likeness (QED) is 0.610. The van der Waals surface area contributed by atoms with Crippen molar-refractivity contribution in [2.24, 2.45) is 5.73 Å². The van der Waals surface area contributed by atoms with Crippen molar-refractivity contribution in [1.82, 2.24) is 5.32 Å². The summed E-state index contributed by atoms with van der Waals surface area (Å²) in [7, 11) is 0. The van der Waals surface area contributed by atoms with Crippen LogP contribution in [0.4, 0.5) is 8.78 Å². The van der Waals surface area contributed by atoms with Crippen molar-refractivity contribution in [2.45, 2.75) is 38.3 Å². The molecule has 0 aliphatic carbocycles. The van der Waals surface area contributed by atoms with Gasteiger partial charge >= 0.3 is 5.97 Å². The summed E-state index contributed by atoms with van der Waals surface area (Å²) >= 11 is 0. The van der Waals surface area contributed by atoms with E-state index in [1.54, 1.807) is 37.3 Å². The van der Waals surface area contributed by atoms with Gasteiger partial charge in [-0.3, -0.25) is 9.59 Å². The average molecular weight is 418 g/mol. The fourth-order valence-corrected chi connectivity index (χ4v) is 2.99. The van der Waals surface area contributed by atoms with Crippen molar-refractivity contribution in [3.63, 3.8) is 0 Å². The van der Waals surface area contributed by atoms with Gasteiger partial charge in [0.05, 0.1) is 19.1 Å². The summed E-state index contributed by atoms with van der Waals surface area (Å²) < 4.78 is 31.6. The first kappa shape index (κ1) is 23.2. The molecule has 0 saturated carbocycles. The number of benzene rings is 2. The number of esters is 1.